The third-order valence-electron chi connectivity index (χ3n) is 5.65. The van der Waals surface area contributed by atoms with E-state index in [4.69, 9.17) is 13.8 Å². The first-order chi connectivity index (χ1) is 17.0. The SMILES string of the molecule is CCCCCCC(O)C/C=C\CCCCCCCC(=O)O[C@H](CO)COP(=O)([O-])OCC[N+](C)(C)C. The van der Waals surface area contributed by atoms with E-state index in [-0.39, 0.29) is 19.1 Å². The van der Waals surface area contributed by atoms with Gasteiger partial charge in [-0.2, -0.15) is 0 Å². The van der Waals surface area contributed by atoms with E-state index in [1.165, 1.54) is 19.3 Å². The lowest BCUT2D eigenvalue weighted by Gasteiger charge is -2.28. The minimum absolute atomic E-state index is 0.0214. The van der Waals surface area contributed by atoms with E-state index in [2.05, 4.69) is 19.1 Å². The van der Waals surface area contributed by atoms with Gasteiger partial charge in [-0.1, -0.05) is 64.0 Å². The van der Waals surface area contributed by atoms with Crippen LogP contribution in [-0.4, -0.2) is 80.4 Å². The largest absolute Gasteiger partial charge is 0.756 e. The summed E-state index contributed by atoms with van der Waals surface area (Å²) in [7, 11) is 1.19. The van der Waals surface area contributed by atoms with Crippen molar-refractivity contribution in [2.45, 2.75) is 103 Å². The van der Waals surface area contributed by atoms with Crippen molar-refractivity contribution in [2.24, 2.45) is 0 Å². The normalized spacial score (nSPS) is 15.6. The van der Waals surface area contributed by atoms with Crippen molar-refractivity contribution in [1.29, 1.82) is 0 Å². The van der Waals surface area contributed by atoms with Crippen LogP contribution in [-0.2, 0) is 23.1 Å². The Morgan fingerprint density at radius 1 is 1.00 bits per heavy atom. The molecule has 0 radical (unpaired) electrons. The lowest BCUT2D eigenvalue weighted by molar-refractivity contribution is -0.870. The molecule has 0 aromatic heterocycles. The Morgan fingerprint density at radius 3 is 2.33 bits per heavy atom. The molecule has 0 aromatic rings. The van der Waals surface area contributed by atoms with Crippen LogP contribution < -0.4 is 4.89 Å². The van der Waals surface area contributed by atoms with Gasteiger partial charge >= 0.3 is 5.97 Å². The molecule has 9 nitrogen and oxygen atoms in total. The highest BCUT2D eigenvalue weighted by Crippen LogP contribution is 2.38. The van der Waals surface area contributed by atoms with E-state index >= 15 is 0 Å². The Kier molecular flexibility index (Phi) is 20.7. The highest BCUT2D eigenvalue weighted by Gasteiger charge is 2.19. The zero-order chi connectivity index (χ0) is 27.3. The number of phosphoric ester groups is 1. The van der Waals surface area contributed by atoms with E-state index in [9.17, 15) is 24.5 Å². The molecule has 214 valence electrons. The molecule has 3 atom stereocenters. The molecule has 0 bridgehead atoms. The summed E-state index contributed by atoms with van der Waals surface area (Å²) in [5, 5.41) is 19.3. The summed E-state index contributed by atoms with van der Waals surface area (Å²) >= 11 is 0. The molecule has 0 rings (SSSR count). The smallest absolute Gasteiger partial charge is 0.306 e. The molecule has 0 heterocycles. The highest BCUT2D eigenvalue weighted by molar-refractivity contribution is 7.45. The number of phosphoric acid groups is 1. The van der Waals surface area contributed by atoms with Crippen molar-refractivity contribution in [3.8, 4) is 0 Å². The van der Waals surface area contributed by atoms with Crippen LogP contribution in [0.15, 0.2) is 12.2 Å². The lowest BCUT2D eigenvalue weighted by atomic mass is 10.1. The standard InChI is InChI=1S/C26H52NO8P/c1-5-6-7-14-17-24(29)18-15-12-10-8-9-11-13-16-19-26(30)35-25(22-28)23-34-36(31,32)33-21-20-27(2,3)4/h12,15,24-25,28-29H,5-11,13-14,16-23H2,1-4H3/b15-12-/t24?,25-/m1/s1. The number of hydrogen-bond acceptors (Lipinski definition) is 8. The van der Waals surface area contributed by atoms with Crippen molar-refractivity contribution >= 4 is 13.8 Å². The van der Waals surface area contributed by atoms with Crippen molar-refractivity contribution < 1.29 is 42.7 Å². The monoisotopic (exact) mass is 537 g/mol. The van der Waals surface area contributed by atoms with Gasteiger partial charge in [0.25, 0.3) is 7.82 Å². The summed E-state index contributed by atoms with van der Waals surface area (Å²) in [6.07, 6.45) is 15.2. The fraction of sp³-hybridized carbons (Fsp3) is 0.885. The summed E-state index contributed by atoms with van der Waals surface area (Å²) in [5.74, 6) is -0.486. The molecule has 0 fully saturated rings. The van der Waals surface area contributed by atoms with Gasteiger partial charge in [-0.05, 0) is 32.1 Å². The first-order valence-corrected chi connectivity index (χ1v) is 15.0. The molecule has 0 aliphatic carbocycles. The maximum absolute atomic E-state index is 12.0. The molecule has 0 aliphatic heterocycles. The van der Waals surface area contributed by atoms with E-state index in [1.807, 2.05) is 21.1 Å². The molecule has 36 heavy (non-hydrogen) atoms. The topological polar surface area (TPSA) is 125 Å². The first-order valence-electron chi connectivity index (χ1n) is 13.5. The van der Waals surface area contributed by atoms with Gasteiger partial charge in [-0.25, -0.2) is 0 Å². The molecule has 2 unspecified atom stereocenters. The number of esters is 1. The Morgan fingerprint density at radius 2 is 1.67 bits per heavy atom. The van der Waals surface area contributed by atoms with E-state index in [0.717, 1.165) is 51.4 Å². The third-order valence-corrected chi connectivity index (χ3v) is 6.61. The van der Waals surface area contributed by atoms with Gasteiger partial charge in [0, 0.05) is 6.42 Å². The number of unbranched alkanes of at least 4 members (excludes halogenated alkanes) is 8. The summed E-state index contributed by atoms with van der Waals surface area (Å²) in [6, 6.07) is 0. The molecule has 0 saturated carbocycles. The Labute approximate surface area is 219 Å². The number of likely N-dealkylation sites (N-methyl/N-ethyl adjacent to an activating group) is 1. The van der Waals surface area contributed by atoms with Crippen molar-refractivity contribution in [2.75, 3.05) is 47.5 Å². The van der Waals surface area contributed by atoms with Crippen LogP contribution in [0.5, 0.6) is 0 Å². The molecule has 0 aromatic carbocycles. The fourth-order valence-corrected chi connectivity index (χ4v) is 4.09. The Balaban J connectivity index is 3.82. The van der Waals surface area contributed by atoms with Crippen LogP contribution in [0, 0.1) is 0 Å². The van der Waals surface area contributed by atoms with Gasteiger partial charge in [0.2, 0.25) is 0 Å². The zero-order valence-corrected chi connectivity index (χ0v) is 24.0. The summed E-state index contributed by atoms with van der Waals surface area (Å²) in [6.45, 7) is 1.63. The molecular weight excluding hydrogens is 485 g/mol. The Bertz CT molecular complexity index is 624. The number of aliphatic hydroxyl groups excluding tert-OH is 2. The molecule has 0 spiro atoms. The summed E-state index contributed by atoms with van der Waals surface area (Å²) in [5.41, 5.74) is 0. The zero-order valence-electron chi connectivity index (χ0n) is 23.1. The van der Waals surface area contributed by atoms with Gasteiger partial charge in [0.05, 0.1) is 40.5 Å². The van der Waals surface area contributed by atoms with Crippen LogP contribution in [0.4, 0.5) is 0 Å². The van der Waals surface area contributed by atoms with E-state index in [0.29, 0.717) is 17.4 Å². The second-order valence-electron chi connectivity index (χ2n) is 10.4. The number of aliphatic hydroxyl groups is 2. The maximum atomic E-state index is 12.0. The quantitative estimate of drug-likeness (QED) is 0.0620. The average Bonchev–Trinajstić information content (AvgIpc) is 2.79. The second-order valence-corrected chi connectivity index (χ2v) is 11.8. The number of allylic oxidation sites excluding steroid dienone is 1. The Hall–Kier alpha value is -0.800. The molecule has 0 saturated heterocycles. The van der Waals surface area contributed by atoms with Crippen LogP contribution in [0.25, 0.3) is 0 Å². The van der Waals surface area contributed by atoms with Gasteiger partial charge in [-0.15, -0.1) is 0 Å². The van der Waals surface area contributed by atoms with Crippen molar-refractivity contribution in [1.82, 2.24) is 0 Å². The van der Waals surface area contributed by atoms with Gasteiger partial charge < -0.3 is 33.4 Å². The third kappa shape index (κ3) is 23.6. The first kappa shape index (κ1) is 35.2. The van der Waals surface area contributed by atoms with Crippen LogP contribution in [0.3, 0.4) is 0 Å². The number of quaternary nitrogens is 1. The summed E-state index contributed by atoms with van der Waals surface area (Å²) < 4.78 is 27.0. The number of carbonyl (C=O) groups is 1. The molecule has 10 heteroatoms. The number of rotatable bonds is 24. The molecule has 2 N–H and O–H groups in total. The second kappa shape index (κ2) is 21.2. The summed E-state index contributed by atoms with van der Waals surface area (Å²) in [4.78, 5) is 23.8. The lowest BCUT2D eigenvalue weighted by Crippen LogP contribution is -2.37. The van der Waals surface area contributed by atoms with Crippen molar-refractivity contribution in [3.05, 3.63) is 12.2 Å². The van der Waals surface area contributed by atoms with E-state index in [1.54, 1.807) is 0 Å². The highest BCUT2D eigenvalue weighted by atomic mass is 31.2. The predicted octanol–water partition coefficient (Wildman–Crippen LogP) is 4.11. The molecular formula is C26H52NO8P. The van der Waals surface area contributed by atoms with Crippen LogP contribution >= 0.6 is 7.82 Å². The van der Waals surface area contributed by atoms with Gasteiger partial charge in [0.15, 0.2) is 0 Å². The van der Waals surface area contributed by atoms with Gasteiger partial charge in [0.1, 0.15) is 19.3 Å². The van der Waals surface area contributed by atoms with Gasteiger partial charge in [-0.3, -0.25) is 9.36 Å². The number of ether oxygens (including phenoxy) is 1. The van der Waals surface area contributed by atoms with Crippen molar-refractivity contribution in [3.63, 3.8) is 0 Å². The predicted molar refractivity (Wildman–Crippen MR) is 140 cm³/mol. The number of nitrogens with zero attached hydrogens (tertiary/aromatic N) is 1. The number of carbonyl (C=O) groups excluding carboxylic acids is 1. The molecule has 0 aliphatic rings. The minimum atomic E-state index is -4.53. The number of hydrogen-bond donors (Lipinski definition) is 2. The minimum Gasteiger partial charge on any atom is -0.756 e. The average molecular weight is 538 g/mol. The van der Waals surface area contributed by atoms with Crippen LogP contribution in [0.1, 0.15) is 90.4 Å². The maximum Gasteiger partial charge on any atom is 0.306 e. The fourth-order valence-electron chi connectivity index (χ4n) is 3.36. The van der Waals surface area contributed by atoms with Crippen LogP contribution in [0.2, 0.25) is 0 Å². The molecule has 0 amide bonds. The van der Waals surface area contributed by atoms with E-state index < -0.39 is 33.1 Å².